The number of anilines is 1. The van der Waals surface area contributed by atoms with Gasteiger partial charge in [0.05, 0.1) is 29.0 Å². The zero-order valence-electron chi connectivity index (χ0n) is 16.9. The molecule has 0 saturated carbocycles. The Morgan fingerprint density at radius 1 is 1.07 bits per heavy atom. The van der Waals surface area contributed by atoms with E-state index >= 15 is 0 Å². The first-order valence-electron chi connectivity index (χ1n) is 9.28. The van der Waals surface area contributed by atoms with E-state index in [-0.39, 0.29) is 6.10 Å². The highest BCUT2D eigenvalue weighted by atomic mass is 35.5. The average molecular weight is 452 g/mol. The van der Waals surface area contributed by atoms with Crippen LogP contribution in [0.5, 0.6) is 11.5 Å². The lowest BCUT2D eigenvalue weighted by Gasteiger charge is -2.14. The van der Waals surface area contributed by atoms with Crippen molar-refractivity contribution in [2.75, 3.05) is 11.9 Å². The van der Waals surface area contributed by atoms with Crippen LogP contribution >= 0.6 is 23.2 Å². The molecule has 0 aliphatic carbocycles. The lowest BCUT2D eigenvalue weighted by Crippen LogP contribution is -2.24. The van der Waals surface area contributed by atoms with E-state index in [9.17, 15) is 9.59 Å². The number of nitrogens with zero attached hydrogens (tertiary/aromatic N) is 1. The normalized spacial score (nSPS) is 10.9. The van der Waals surface area contributed by atoms with E-state index in [0.717, 1.165) is 0 Å². The molecule has 160 valence electrons. The van der Waals surface area contributed by atoms with Crippen molar-refractivity contribution in [3.8, 4) is 11.5 Å². The highest BCUT2D eigenvalue weighted by molar-refractivity contribution is 6.42. The van der Waals surface area contributed by atoms with Gasteiger partial charge < -0.3 is 14.8 Å². The Bertz CT molecular complexity index is 932. The lowest BCUT2D eigenvalue weighted by atomic mass is 10.2. The molecule has 30 heavy (non-hydrogen) atoms. The van der Waals surface area contributed by atoms with Crippen molar-refractivity contribution < 1.29 is 19.1 Å². The molecule has 0 unspecified atom stereocenters. The van der Waals surface area contributed by atoms with Crippen molar-refractivity contribution in [1.29, 1.82) is 0 Å². The van der Waals surface area contributed by atoms with Gasteiger partial charge in [-0.1, -0.05) is 23.2 Å². The first kappa shape index (κ1) is 23.5. The molecule has 0 aliphatic heterocycles. The summed E-state index contributed by atoms with van der Waals surface area (Å²) >= 11 is 11.7. The summed E-state index contributed by atoms with van der Waals surface area (Å²) in [4.78, 5) is 23.9. The van der Waals surface area contributed by atoms with Crippen molar-refractivity contribution in [3.63, 3.8) is 0 Å². The Morgan fingerprint density at radius 2 is 1.83 bits per heavy atom. The van der Waals surface area contributed by atoms with Gasteiger partial charge >= 0.3 is 0 Å². The second kappa shape index (κ2) is 11.4. The molecule has 2 rings (SSSR count). The van der Waals surface area contributed by atoms with Crippen molar-refractivity contribution >= 4 is 46.9 Å². The second-order valence-electron chi connectivity index (χ2n) is 6.45. The molecule has 0 atom stereocenters. The fourth-order valence-corrected chi connectivity index (χ4v) is 2.67. The molecule has 0 fully saturated rings. The maximum atomic E-state index is 12.0. The van der Waals surface area contributed by atoms with Crippen LogP contribution in [0.25, 0.3) is 0 Å². The number of carbonyl (C=O) groups is 2. The number of carbonyl (C=O) groups excluding carboxylic acids is 2. The van der Waals surface area contributed by atoms with E-state index in [1.165, 1.54) is 12.3 Å². The molecule has 2 N–H and O–H groups in total. The molecule has 2 aromatic rings. The van der Waals surface area contributed by atoms with Gasteiger partial charge in [-0.3, -0.25) is 9.59 Å². The van der Waals surface area contributed by atoms with Gasteiger partial charge in [-0.05, 0) is 62.7 Å². The molecule has 0 spiro atoms. The summed E-state index contributed by atoms with van der Waals surface area (Å²) in [5.41, 5.74) is 3.46. The molecule has 0 heterocycles. The average Bonchev–Trinajstić information content (AvgIpc) is 2.66. The predicted molar refractivity (Wildman–Crippen MR) is 119 cm³/mol. The summed E-state index contributed by atoms with van der Waals surface area (Å²) < 4.78 is 11.3. The Kier molecular flexibility index (Phi) is 8.95. The first-order valence-corrected chi connectivity index (χ1v) is 10.0. The minimum absolute atomic E-state index is 0.0121. The van der Waals surface area contributed by atoms with E-state index in [2.05, 4.69) is 15.8 Å². The number of rotatable bonds is 9. The molecule has 0 aliphatic rings. The molecule has 0 aromatic heterocycles. The van der Waals surface area contributed by atoms with E-state index in [1.807, 2.05) is 20.8 Å². The number of hydrogen-bond acceptors (Lipinski definition) is 5. The number of nitrogens with one attached hydrogen (secondary N) is 2. The summed E-state index contributed by atoms with van der Waals surface area (Å²) in [5, 5.41) is 7.13. The van der Waals surface area contributed by atoms with Crippen LogP contribution in [0.2, 0.25) is 10.0 Å². The summed E-state index contributed by atoms with van der Waals surface area (Å²) in [7, 11) is 0. The van der Waals surface area contributed by atoms with Crippen LogP contribution in [0.15, 0.2) is 41.5 Å². The van der Waals surface area contributed by atoms with Crippen LogP contribution in [0.1, 0.15) is 32.8 Å². The number of ether oxygens (including phenoxy) is 2. The van der Waals surface area contributed by atoms with Crippen LogP contribution < -0.4 is 20.2 Å². The molecule has 0 radical (unpaired) electrons. The second-order valence-corrected chi connectivity index (χ2v) is 7.27. The standard InChI is InChI=1S/C21H23Cl2N3O4/c1-4-29-19-9-14(5-8-18(19)30-13(2)3)12-24-26-21(28)11-20(27)25-15-6-7-16(22)17(23)10-15/h5-10,12-13H,4,11H2,1-3H3,(H,25,27)(H,26,28). The maximum absolute atomic E-state index is 12.0. The van der Waals surface area contributed by atoms with Crippen LogP contribution in [-0.4, -0.2) is 30.7 Å². The van der Waals surface area contributed by atoms with E-state index < -0.39 is 18.2 Å². The molecule has 2 amide bonds. The predicted octanol–water partition coefficient (Wildman–Crippen LogP) is 4.66. The van der Waals surface area contributed by atoms with Gasteiger partial charge in [0.15, 0.2) is 11.5 Å². The summed E-state index contributed by atoms with van der Waals surface area (Å²) in [6.07, 6.45) is 1.07. The first-order chi connectivity index (χ1) is 14.3. The zero-order chi connectivity index (χ0) is 22.1. The van der Waals surface area contributed by atoms with Gasteiger partial charge in [0, 0.05) is 5.69 Å². The van der Waals surface area contributed by atoms with Gasteiger partial charge in [0.2, 0.25) is 11.8 Å². The summed E-state index contributed by atoms with van der Waals surface area (Å²) in [6, 6.07) is 9.96. The number of amides is 2. The largest absolute Gasteiger partial charge is 0.490 e. The van der Waals surface area contributed by atoms with Crippen LogP contribution in [0.3, 0.4) is 0 Å². The van der Waals surface area contributed by atoms with Crippen LogP contribution in [0.4, 0.5) is 5.69 Å². The Hall–Kier alpha value is -2.77. The van der Waals surface area contributed by atoms with Crippen molar-refractivity contribution in [2.45, 2.75) is 33.3 Å². The molecular formula is C21H23Cl2N3O4. The fraction of sp³-hybridized carbons (Fsp3) is 0.286. The maximum Gasteiger partial charge on any atom is 0.249 e. The quantitative estimate of drug-likeness (QED) is 0.329. The highest BCUT2D eigenvalue weighted by Crippen LogP contribution is 2.29. The van der Waals surface area contributed by atoms with E-state index in [4.69, 9.17) is 32.7 Å². The van der Waals surface area contributed by atoms with Crippen LogP contribution in [-0.2, 0) is 9.59 Å². The van der Waals surface area contributed by atoms with Gasteiger partial charge in [-0.2, -0.15) is 5.10 Å². The molecular weight excluding hydrogens is 429 g/mol. The third-order valence-electron chi connectivity index (χ3n) is 3.56. The number of hydrogen-bond donors (Lipinski definition) is 2. The summed E-state index contributed by atoms with van der Waals surface area (Å²) in [5.74, 6) is 0.151. The van der Waals surface area contributed by atoms with Gasteiger partial charge in [-0.15, -0.1) is 0 Å². The Labute approximate surface area is 185 Å². The monoisotopic (exact) mass is 451 g/mol. The number of benzene rings is 2. The topological polar surface area (TPSA) is 89.0 Å². The smallest absolute Gasteiger partial charge is 0.249 e. The Balaban J connectivity index is 1.90. The van der Waals surface area contributed by atoms with Crippen molar-refractivity contribution in [2.24, 2.45) is 5.10 Å². The van der Waals surface area contributed by atoms with Crippen molar-refractivity contribution in [1.82, 2.24) is 5.43 Å². The number of hydrazone groups is 1. The van der Waals surface area contributed by atoms with E-state index in [0.29, 0.717) is 39.4 Å². The van der Waals surface area contributed by atoms with Crippen molar-refractivity contribution in [3.05, 3.63) is 52.0 Å². The molecule has 0 saturated heterocycles. The minimum Gasteiger partial charge on any atom is -0.490 e. The van der Waals surface area contributed by atoms with Gasteiger partial charge in [0.25, 0.3) is 0 Å². The third-order valence-corrected chi connectivity index (χ3v) is 4.30. The van der Waals surface area contributed by atoms with E-state index in [1.54, 1.807) is 30.3 Å². The molecule has 7 nitrogen and oxygen atoms in total. The molecule has 9 heteroatoms. The Morgan fingerprint density at radius 3 is 2.50 bits per heavy atom. The van der Waals surface area contributed by atoms with Gasteiger partial charge in [0.1, 0.15) is 6.42 Å². The lowest BCUT2D eigenvalue weighted by molar-refractivity contribution is -0.126. The SMILES string of the molecule is CCOc1cc(C=NNC(=O)CC(=O)Nc2ccc(Cl)c(Cl)c2)ccc1OC(C)C. The molecule has 2 aromatic carbocycles. The molecule has 0 bridgehead atoms. The highest BCUT2D eigenvalue weighted by Gasteiger charge is 2.10. The number of halogens is 2. The summed E-state index contributed by atoms with van der Waals surface area (Å²) in [6.45, 7) is 6.22. The minimum atomic E-state index is -0.561. The van der Waals surface area contributed by atoms with Gasteiger partial charge in [-0.25, -0.2) is 5.43 Å². The van der Waals surface area contributed by atoms with Crippen LogP contribution in [0, 0.1) is 0 Å². The zero-order valence-corrected chi connectivity index (χ0v) is 18.4. The fourth-order valence-electron chi connectivity index (χ4n) is 2.37. The third kappa shape index (κ3) is 7.57.